The molecule has 0 unspecified atom stereocenters. The fourth-order valence-electron chi connectivity index (χ4n) is 2.38. The minimum atomic E-state index is -3.40. The molecule has 4 nitrogen and oxygen atoms in total. The average Bonchev–Trinajstić information content (AvgIpc) is 3.21. The Hall–Kier alpha value is -1.89. The molecule has 1 N–H and O–H groups in total. The molecule has 0 aliphatic rings. The number of thiophene rings is 1. The first kappa shape index (κ1) is 16.0. The summed E-state index contributed by atoms with van der Waals surface area (Å²) in [4.78, 5) is 1.07. The summed E-state index contributed by atoms with van der Waals surface area (Å²) < 4.78 is 32.8. The number of sulfonamides is 1. The van der Waals surface area contributed by atoms with E-state index in [1.54, 1.807) is 17.6 Å². The summed E-state index contributed by atoms with van der Waals surface area (Å²) in [7, 11) is -3.40. The van der Waals surface area contributed by atoms with Gasteiger partial charge in [-0.05, 0) is 29.1 Å². The molecule has 0 spiro atoms. The molecule has 0 fully saturated rings. The standard InChI is InChI=1S/C17H17NO3S2/c19-23(20,13-14-6-2-1-3-7-14)18-12-15(16-8-4-10-21-16)17-9-5-11-22-17/h1-11,15,18H,12-13H2/t15-/m0/s1. The molecule has 0 aliphatic carbocycles. The quantitative estimate of drug-likeness (QED) is 0.710. The van der Waals surface area contributed by atoms with Gasteiger partial charge in [0.25, 0.3) is 0 Å². The molecule has 0 radical (unpaired) electrons. The second kappa shape index (κ2) is 7.12. The van der Waals surface area contributed by atoms with Gasteiger partial charge in [0, 0.05) is 11.4 Å². The van der Waals surface area contributed by atoms with Gasteiger partial charge in [0.2, 0.25) is 10.0 Å². The Morgan fingerprint density at radius 2 is 1.87 bits per heavy atom. The molecule has 0 saturated heterocycles. The highest BCUT2D eigenvalue weighted by molar-refractivity contribution is 7.88. The van der Waals surface area contributed by atoms with Crippen molar-refractivity contribution in [2.45, 2.75) is 11.7 Å². The van der Waals surface area contributed by atoms with Gasteiger partial charge in [-0.25, -0.2) is 13.1 Å². The summed E-state index contributed by atoms with van der Waals surface area (Å²) in [6.07, 6.45) is 1.61. The highest BCUT2D eigenvalue weighted by atomic mass is 32.2. The van der Waals surface area contributed by atoms with Crippen molar-refractivity contribution >= 4 is 21.4 Å². The van der Waals surface area contributed by atoms with E-state index < -0.39 is 10.0 Å². The Morgan fingerprint density at radius 1 is 1.04 bits per heavy atom. The molecule has 1 aromatic carbocycles. The maximum Gasteiger partial charge on any atom is 0.215 e. The summed E-state index contributed by atoms with van der Waals surface area (Å²) in [6, 6.07) is 16.8. The molecule has 0 aliphatic heterocycles. The minimum absolute atomic E-state index is 0.0246. The predicted octanol–water partition coefficient (Wildman–Crippen LogP) is 3.59. The number of hydrogen-bond acceptors (Lipinski definition) is 4. The van der Waals surface area contributed by atoms with Crippen molar-refractivity contribution in [2.24, 2.45) is 0 Å². The summed E-state index contributed by atoms with van der Waals surface area (Å²) in [5.74, 6) is 0.619. The third-order valence-electron chi connectivity index (χ3n) is 3.48. The Labute approximate surface area is 139 Å². The molecule has 120 valence electrons. The maximum absolute atomic E-state index is 12.3. The molecule has 1 atom stereocenters. The van der Waals surface area contributed by atoms with E-state index in [0.29, 0.717) is 0 Å². The van der Waals surface area contributed by atoms with Crippen LogP contribution in [-0.4, -0.2) is 15.0 Å². The van der Waals surface area contributed by atoms with Gasteiger partial charge in [-0.2, -0.15) is 0 Å². The van der Waals surface area contributed by atoms with E-state index in [1.807, 2.05) is 60.0 Å². The molecule has 6 heteroatoms. The van der Waals surface area contributed by atoms with Crippen LogP contribution in [0.15, 0.2) is 70.7 Å². The molecule has 23 heavy (non-hydrogen) atoms. The number of benzene rings is 1. The molecule has 0 amide bonds. The summed E-state index contributed by atoms with van der Waals surface area (Å²) in [5.41, 5.74) is 0.769. The van der Waals surface area contributed by atoms with Crippen LogP contribution in [-0.2, 0) is 15.8 Å². The molecule has 3 rings (SSSR count). The topological polar surface area (TPSA) is 59.3 Å². The van der Waals surface area contributed by atoms with Crippen LogP contribution in [0.25, 0.3) is 0 Å². The highest BCUT2D eigenvalue weighted by Crippen LogP contribution is 2.28. The third kappa shape index (κ3) is 4.31. The zero-order chi connectivity index (χ0) is 16.1. The van der Waals surface area contributed by atoms with Crippen LogP contribution < -0.4 is 4.72 Å². The van der Waals surface area contributed by atoms with E-state index in [9.17, 15) is 8.42 Å². The monoisotopic (exact) mass is 347 g/mol. The lowest BCUT2D eigenvalue weighted by Crippen LogP contribution is -2.29. The Kier molecular flexibility index (Phi) is 4.95. The third-order valence-corrected chi connectivity index (χ3v) is 5.79. The fraction of sp³-hybridized carbons (Fsp3) is 0.176. The molecule has 0 bridgehead atoms. The van der Waals surface area contributed by atoms with Crippen molar-refractivity contribution in [3.8, 4) is 0 Å². The Balaban J connectivity index is 1.71. The Bertz CT molecular complexity index is 776. The van der Waals surface area contributed by atoms with Crippen molar-refractivity contribution < 1.29 is 12.8 Å². The second-order valence-electron chi connectivity index (χ2n) is 5.18. The summed E-state index contributed by atoms with van der Waals surface area (Å²) >= 11 is 1.59. The van der Waals surface area contributed by atoms with E-state index in [-0.39, 0.29) is 18.2 Å². The second-order valence-corrected chi connectivity index (χ2v) is 7.96. The summed E-state index contributed by atoms with van der Waals surface area (Å²) in [5, 5.41) is 1.98. The van der Waals surface area contributed by atoms with Gasteiger partial charge in [-0.1, -0.05) is 36.4 Å². The van der Waals surface area contributed by atoms with Crippen molar-refractivity contribution in [3.63, 3.8) is 0 Å². The van der Waals surface area contributed by atoms with Crippen LogP contribution in [0.5, 0.6) is 0 Å². The number of furan rings is 1. The number of hydrogen-bond donors (Lipinski definition) is 1. The fourth-order valence-corrected chi connectivity index (χ4v) is 4.36. The molecular weight excluding hydrogens is 330 g/mol. The van der Waals surface area contributed by atoms with Crippen molar-refractivity contribution in [1.82, 2.24) is 4.72 Å². The van der Waals surface area contributed by atoms with Gasteiger partial charge in [-0.15, -0.1) is 11.3 Å². The van der Waals surface area contributed by atoms with Crippen LogP contribution in [0.3, 0.4) is 0 Å². The van der Waals surface area contributed by atoms with Crippen molar-refractivity contribution in [1.29, 1.82) is 0 Å². The summed E-state index contributed by atoms with van der Waals surface area (Å²) in [6.45, 7) is 0.281. The van der Waals surface area contributed by atoms with Gasteiger partial charge in [-0.3, -0.25) is 0 Å². The highest BCUT2D eigenvalue weighted by Gasteiger charge is 2.21. The zero-order valence-corrected chi connectivity index (χ0v) is 14.0. The normalized spacial score (nSPS) is 13.0. The smallest absolute Gasteiger partial charge is 0.215 e. The molecule has 3 aromatic rings. The van der Waals surface area contributed by atoms with E-state index >= 15 is 0 Å². The van der Waals surface area contributed by atoms with Gasteiger partial charge >= 0.3 is 0 Å². The van der Waals surface area contributed by atoms with E-state index in [2.05, 4.69) is 4.72 Å². The maximum atomic E-state index is 12.3. The van der Waals surface area contributed by atoms with Crippen LogP contribution in [0.4, 0.5) is 0 Å². The SMILES string of the molecule is O=S(=O)(Cc1ccccc1)NC[C@@H](c1ccco1)c1cccs1. The van der Waals surface area contributed by atoms with E-state index in [1.165, 1.54) is 0 Å². The van der Waals surface area contributed by atoms with Crippen LogP contribution in [0.2, 0.25) is 0 Å². The van der Waals surface area contributed by atoms with Gasteiger partial charge in [0.15, 0.2) is 0 Å². The first-order valence-electron chi connectivity index (χ1n) is 7.22. The molecule has 0 saturated carbocycles. The van der Waals surface area contributed by atoms with Crippen LogP contribution in [0.1, 0.15) is 22.1 Å². The van der Waals surface area contributed by atoms with Crippen molar-refractivity contribution in [3.05, 3.63) is 82.4 Å². The first-order chi connectivity index (χ1) is 11.1. The molecule has 2 heterocycles. The van der Waals surface area contributed by atoms with Crippen molar-refractivity contribution in [2.75, 3.05) is 6.54 Å². The minimum Gasteiger partial charge on any atom is -0.469 e. The van der Waals surface area contributed by atoms with Gasteiger partial charge in [0.05, 0.1) is 17.9 Å². The lowest BCUT2D eigenvalue weighted by Gasteiger charge is -2.14. The molecule has 2 aromatic heterocycles. The number of rotatable bonds is 7. The lowest BCUT2D eigenvalue weighted by molar-refractivity contribution is 0.483. The average molecular weight is 347 g/mol. The predicted molar refractivity (Wildman–Crippen MR) is 91.9 cm³/mol. The van der Waals surface area contributed by atoms with Gasteiger partial charge < -0.3 is 4.42 Å². The largest absolute Gasteiger partial charge is 0.469 e. The lowest BCUT2D eigenvalue weighted by atomic mass is 10.1. The van der Waals surface area contributed by atoms with Gasteiger partial charge in [0.1, 0.15) is 5.76 Å². The number of nitrogens with one attached hydrogen (secondary N) is 1. The molecular formula is C17H17NO3S2. The van der Waals surface area contributed by atoms with Crippen LogP contribution >= 0.6 is 11.3 Å². The first-order valence-corrected chi connectivity index (χ1v) is 9.75. The van der Waals surface area contributed by atoms with Crippen LogP contribution in [0, 0.1) is 0 Å². The Morgan fingerprint density at radius 3 is 2.52 bits per heavy atom. The van der Waals surface area contributed by atoms with E-state index in [4.69, 9.17) is 4.42 Å². The zero-order valence-electron chi connectivity index (χ0n) is 12.4. The van der Waals surface area contributed by atoms with E-state index in [0.717, 1.165) is 16.2 Å².